The Balaban J connectivity index is 1.11. The molecular weight excluding hydrogens is 825 g/mol. The van der Waals surface area contributed by atoms with Crippen LogP contribution >= 0.6 is 0 Å². The number of para-hydroxylation sites is 1. The Morgan fingerprint density at radius 2 is 1.03 bits per heavy atom. The minimum absolute atomic E-state index is 0.570. The van der Waals surface area contributed by atoms with Gasteiger partial charge in [0, 0.05) is 33.2 Å². The van der Waals surface area contributed by atoms with E-state index in [0.29, 0.717) is 11.4 Å². The summed E-state index contributed by atoms with van der Waals surface area (Å²) in [6, 6.07) is 88.8. The highest BCUT2D eigenvalue weighted by atomic mass is 15.0. The van der Waals surface area contributed by atoms with Crippen molar-refractivity contribution in [3.05, 3.63) is 270 Å². The van der Waals surface area contributed by atoms with Crippen molar-refractivity contribution >= 4 is 32.6 Å². The monoisotopic (exact) mass is 864 g/mol. The van der Waals surface area contributed by atoms with Gasteiger partial charge in [-0.2, -0.15) is 5.26 Å². The normalized spacial score (nSPS) is 12.5. The molecule has 0 saturated heterocycles. The highest BCUT2D eigenvalue weighted by molar-refractivity contribution is 6.12. The van der Waals surface area contributed by atoms with Gasteiger partial charge in [-0.1, -0.05) is 182 Å². The van der Waals surface area contributed by atoms with Crippen LogP contribution in [0.2, 0.25) is 0 Å². The average molecular weight is 865 g/mol. The number of hydrogen-bond donors (Lipinski definition) is 0. The number of fused-ring (bicyclic) bond motifs is 7. The molecule has 1 aliphatic carbocycles. The van der Waals surface area contributed by atoms with Crippen molar-refractivity contribution < 1.29 is 0 Å². The summed E-state index contributed by atoms with van der Waals surface area (Å²) in [7, 11) is 0. The van der Waals surface area contributed by atoms with Crippen LogP contribution in [0, 0.1) is 11.3 Å². The van der Waals surface area contributed by atoms with Crippen molar-refractivity contribution in [3.63, 3.8) is 0 Å². The Labute approximate surface area is 394 Å². The maximum absolute atomic E-state index is 10.1. The molecule has 4 nitrogen and oxygen atoms in total. The van der Waals surface area contributed by atoms with E-state index >= 15 is 0 Å². The molecule has 316 valence electrons. The zero-order valence-electron chi connectivity index (χ0n) is 36.9. The first-order valence-corrected chi connectivity index (χ1v) is 23.0. The number of nitriles is 1. The summed E-state index contributed by atoms with van der Waals surface area (Å²) >= 11 is 0. The highest BCUT2D eigenvalue weighted by Gasteiger charge is 2.46. The summed E-state index contributed by atoms with van der Waals surface area (Å²) in [5, 5.41) is 14.8. The predicted molar refractivity (Wildman–Crippen MR) is 278 cm³/mol. The van der Waals surface area contributed by atoms with Gasteiger partial charge < -0.3 is 4.57 Å². The van der Waals surface area contributed by atoms with E-state index in [9.17, 15) is 5.26 Å². The summed E-state index contributed by atoms with van der Waals surface area (Å²) in [5.74, 6) is 0.610. The lowest BCUT2D eigenvalue weighted by molar-refractivity contribution is 0.769. The minimum atomic E-state index is -0.570. The molecule has 4 heteroatoms. The molecule has 2 heterocycles. The summed E-state index contributed by atoms with van der Waals surface area (Å²) in [6.07, 6.45) is 0. The fraction of sp³-hybridized carbons (Fsp3) is 0.0156. The van der Waals surface area contributed by atoms with E-state index in [4.69, 9.17) is 9.97 Å². The lowest BCUT2D eigenvalue weighted by Gasteiger charge is -2.34. The number of nitrogens with zero attached hydrogens (tertiary/aromatic N) is 4. The van der Waals surface area contributed by atoms with Crippen molar-refractivity contribution in [2.24, 2.45) is 0 Å². The van der Waals surface area contributed by atoms with Gasteiger partial charge in [-0.05, 0) is 116 Å². The van der Waals surface area contributed by atoms with Gasteiger partial charge in [0.2, 0.25) is 0 Å². The first-order valence-electron chi connectivity index (χ1n) is 23.0. The SMILES string of the molecule is N#Cc1cccc(-c2cc(-c3nc(-c4ccccc4)cc(-c4ccc5ccccc5c4)n3)cc(-n3c4ccccc4c4cc5c(cc43)C(c3ccccc3)(c3ccccc3)c3ccccc3-5)c2)c1. The van der Waals surface area contributed by atoms with E-state index in [1.807, 2.05) is 24.3 Å². The van der Waals surface area contributed by atoms with Crippen LogP contribution in [-0.4, -0.2) is 14.5 Å². The number of benzene rings is 10. The maximum Gasteiger partial charge on any atom is 0.160 e. The van der Waals surface area contributed by atoms with Crippen LogP contribution in [0.1, 0.15) is 27.8 Å². The van der Waals surface area contributed by atoms with E-state index in [1.54, 1.807) is 0 Å². The third-order valence-electron chi connectivity index (χ3n) is 13.9. The van der Waals surface area contributed by atoms with Crippen molar-refractivity contribution in [2.75, 3.05) is 0 Å². The van der Waals surface area contributed by atoms with Gasteiger partial charge in [0.05, 0.1) is 39.5 Å². The molecular formula is C64H40N4. The Bertz CT molecular complexity index is 3940. The van der Waals surface area contributed by atoms with Gasteiger partial charge >= 0.3 is 0 Å². The third-order valence-corrected chi connectivity index (χ3v) is 13.9. The number of rotatable bonds is 7. The largest absolute Gasteiger partial charge is 0.309 e. The fourth-order valence-corrected chi connectivity index (χ4v) is 10.8. The topological polar surface area (TPSA) is 54.5 Å². The Morgan fingerprint density at radius 1 is 0.382 bits per heavy atom. The van der Waals surface area contributed by atoms with Gasteiger partial charge in [0.15, 0.2) is 5.82 Å². The molecule has 10 aromatic carbocycles. The van der Waals surface area contributed by atoms with E-state index in [1.165, 1.54) is 49.5 Å². The molecule has 0 saturated carbocycles. The summed E-state index contributed by atoms with van der Waals surface area (Å²) in [5.41, 5.74) is 17.1. The van der Waals surface area contributed by atoms with Crippen molar-refractivity contribution in [1.29, 1.82) is 5.26 Å². The van der Waals surface area contributed by atoms with E-state index in [0.717, 1.165) is 61.3 Å². The molecule has 12 aromatic rings. The first-order chi connectivity index (χ1) is 33.6. The van der Waals surface area contributed by atoms with Crippen LogP contribution in [0.25, 0.3) is 94.4 Å². The van der Waals surface area contributed by atoms with E-state index < -0.39 is 5.41 Å². The van der Waals surface area contributed by atoms with Crippen molar-refractivity contribution in [3.8, 4) is 67.9 Å². The second kappa shape index (κ2) is 15.8. The molecule has 0 N–H and O–H groups in total. The molecule has 68 heavy (non-hydrogen) atoms. The van der Waals surface area contributed by atoms with Crippen LogP contribution in [0.15, 0.2) is 243 Å². The Kier molecular flexibility index (Phi) is 9.09. The molecule has 0 amide bonds. The lowest BCUT2D eigenvalue weighted by atomic mass is 9.67. The van der Waals surface area contributed by atoms with Gasteiger partial charge in [0.25, 0.3) is 0 Å². The molecule has 0 radical (unpaired) electrons. The molecule has 0 aliphatic heterocycles. The molecule has 0 bridgehead atoms. The zero-order valence-corrected chi connectivity index (χ0v) is 36.9. The molecule has 0 fully saturated rings. The van der Waals surface area contributed by atoms with E-state index in [2.05, 4.69) is 229 Å². The number of hydrogen-bond acceptors (Lipinski definition) is 3. The quantitative estimate of drug-likeness (QED) is 0.160. The number of aromatic nitrogens is 3. The average Bonchev–Trinajstić information content (AvgIpc) is 3.90. The van der Waals surface area contributed by atoms with Crippen LogP contribution in [-0.2, 0) is 5.41 Å². The molecule has 13 rings (SSSR count). The highest BCUT2D eigenvalue weighted by Crippen LogP contribution is 2.57. The molecule has 2 aromatic heterocycles. The standard InChI is InChI=1S/C64H40N4/c65-41-42-17-16-22-45(33-42)48-35-49(63-66-59(44-19-4-1-5-20-44)40-60(67-63)47-32-31-43-18-10-11-21-46(43)34-47)37-52(36-48)68-61-30-15-13-28-54(61)56-38-55-53-27-12-14-29-57(53)64(58(55)39-62(56)68,50-23-6-2-7-24-50)51-25-8-3-9-26-51/h1-40H. The third kappa shape index (κ3) is 6.21. The van der Waals surface area contributed by atoms with Crippen LogP contribution in [0.3, 0.4) is 0 Å². The van der Waals surface area contributed by atoms with Gasteiger partial charge in [-0.25, -0.2) is 9.97 Å². The van der Waals surface area contributed by atoms with Crippen molar-refractivity contribution in [1.82, 2.24) is 14.5 Å². The Morgan fingerprint density at radius 3 is 1.81 bits per heavy atom. The molecule has 0 atom stereocenters. The van der Waals surface area contributed by atoms with Gasteiger partial charge in [-0.15, -0.1) is 0 Å². The zero-order chi connectivity index (χ0) is 45.2. The molecule has 0 spiro atoms. The first kappa shape index (κ1) is 39.2. The van der Waals surface area contributed by atoms with Crippen LogP contribution < -0.4 is 0 Å². The smallest absolute Gasteiger partial charge is 0.160 e. The van der Waals surface area contributed by atoms with Gasteiger partial charge in [-0.3, -0.25) is 0 Å². The predicted octanol–water partition coefficient (Wildman–Crippen LogP) is 15.6. The summed E-state index contributed by atoms with van der Waals surface area (Å²) in [4.78, 5) is 10.8. The lowest BCUT2D eigenvalue weighted by Crippen LogP contribution is -2.28. The summed E-state index contributed by atoms with van der Waals surface area (Å²) < 4.78 is 2.42. The molecule has 0 unspecified atom stereocenters. The maximum atomic E-state index is 10.1. The summed E-state index contributed by atoms with van der Waals surface area (Å²) in [6.45, 7) is 0. The van der Waals surface area contributed by atoms with E-state index in [-0.39, 0.29) is 0 Å². The van der Waals surface area contributed by atoms with Crippen LogP contribution in [0.5, 0.6) is 0 Å². The second-order valence-corrected chi connectivity index (χ2v) is 17.6. The fourth-order valence-electron chi connectivity index (χ4n) is 10.8. The minimum Gasteiger partial charge on any atom is -0.309 e. The van der Waals surface area contributed by atoms with Gasteiger partial charge in [0.1, 0.15) is 0 Å². The van der Waals surface area contributed by atoms with Crippen LogP contribution in [0.4, 0.5) is 0 Å². The second-order valence-electron chi connectivity index (χ2n) is 17.6. The van der Waals surface area contributed by atoms with Crippen molar-refractivity contribution in [2.45, 2.75) is 5.41 Å². The Hall–Kier alpha value is -9.17. The molecule has 1 aliphatic rings.